The first-order chi connectivity index (χ1) is 8.15. The van der Waals surface area contributed by atoms with E-state index in [-0.39, 0.29) is 40.7 Å². The Bertz CT molecular complexity index is 496. The monoisotopic (exact) mass is 301 g/mol. The summed E-state index contributed by atoms with van der Waals surface area (Å²) in [5.41, 5.74) is 5.12. The van der Waals surface area contributed by atoms with Crippen LogP contribution in [0, 0.1) is 0 Å². The van der Waals surface area contributed by atoms with Crippen LogP contribution >= 0.6 is 0 Å². The zero-order valence-electron chi connectivity index (χ0n) is 10.0. The summed E-state index contributed by atoms with van der Waals surface area (Å²) in [5, 5.41) is -1.41. The van der Waals surface area contributed by atoms with E-state index in [9.17, 15) is 18.0 Å². The van der Waals surface area contributed by atoms with Crippen molar-refractivity contribution in [2.24, 2.45) is 5.73 Å². The number of rotatable bonds is 5. The fourth-order valence-electron chi connectivity index (χ4n) is 1.13. The Morgan fingerprint density at radius 3 is 2.21 bits per heavy atom. The second kappa shape index (κ2) is 8.62. The van der Waals surface area contributed by atoms with Crippen molar-refractivity contribution in [2.75, 3.05) is 6.54 Å². The first-order valence-corrected chi connectivity index (χ1v) is 6.37. The molecule has 0 aliphatic carbocycles. The van der Waals surface area contributed by atoms with Crippen molar-refractivity contribution in [1.29, 1.82) is 0 Å². The van der Waals surface area contributed by atoms with E-state index in [1.165, 1.54) is 13.8 Å². The van der Waals surface area contributed by atoms with Gasteiger partial charge in [0.2, 0.25) is 0 Å². The third-order valence-electron chi connectivity index (χ3n) is 2.31. The molecule has 7 nitrogen and oxygen atoms in total. The second-order valence-corrected chi connectivity index (χ2v) is 5.06. The number of hydrogen-bond acceptors (Lipinski definition) is 6. The van der Waals surface area contributed by atoms with Crippen molar-refractivity contribution in [3.05, 3.63) is 23.8 Å². The molecule has 0 heterocycles. The standard InChI is InChI=1S/C10H15NO6S.Na.H/c1-4-9(12)17-10(13)7(3)6(2)8(5-11)18(14,15)16;;/h4,8H,1,5,11H2,2-3H3,(H,14,15,16);;. The minimum absolute atomic E-state index is 0. The molecule has 3 N–H and O–H groups in total. The molecule has 0 saturated heterocycles. The van der Waals surface area contributed by atoms with Gasteiger partial charge in [-0.05, 0) is 19.4 Å². The zero-order valence-corrected chi connectivity index (χ0v) is 10.9. The second-order valence-electron chi connectivity index (χ2n) is 3.46. The minimum atomic E-state index is -4.42. The molecule has 19 heavy (non-hydrogen) atoms. The Kier molecular flexibility index (Phi) is 9.44. The van der Waals surface area contributed by atoms with Gasteiger partial charge in [-0.25, -0.2) is 9.59 Å². The molecule has 104 valence electrons. The van der Waals surface area contributed by atoms with Gasteiger partial charge in [0.05, 0.1) is 0 Å². The number of esters is 2. The van der Waals surface area contributed by atoms with Crippen LogP contribution < -0.4 is 5.73 Å². The Morgan fingerprint density at radius 1 is 1.42 bits per heavy atom. The SMILES string of the molecule is C=CC(=O)OC(=O)C(C)=C(C)C(CN)S(=O)(=O)O.[NaH]. The van der Waals surface area contributed by atoms with E-state index in [0.29, 0.717) is 0 Å². The van der Waals surface area contributed by atoms with Crippen LogP contribution in [0.5, 0.6) is 0 Å². The van der Waals surface area contributed by atoms with Gasteiger partial charge in [-0.3, -0.25) is 4.55 Å². The van der Waals surface area contributed by atoms with Crippen molar-refractivity contribution in [3.63, 3.8) is 0 Å². The first-order valence-electron chi connectivity index (χ1n) is 4.87. The zero-order chi connectivity index (χ0) is 14.5. The summed E-state index contributed by atoms with van der Waals surface area (Å²) in [6.45, 7) is 5.28. The molecule has 0 radical (unpaired) electrons. The van der Waals surface area contributed by atoms with Crippen molar-refractivity contribution < 1.29 is 27.3 Å². The molecular weight excluding hydrogens is 285 g/mol. The summed E-state index contributed by atoms with van der Waals surface area (Å²) in [6, 6.07) is 0. The van der Waals surface area contributed by atoms with E-state index >= 15 is 0 Å². The van der Waals surface area contributed by atoms with Gasteiger partial charge in [0.1, 0.15) is 5.25 Å². The van der Waals surface area contributed by atoms with Gasteiger partial charge in [-0.15, -0.1) is 0 Å². The quantitative estimate of drug-likeness (QED) is 0.223. The summed E-state index contributed by atoms with van der Waals surface area (Å²) in [7, 11) is -4.42. The molecule has 0 aromatic carbocycles. The van der Waals surface area contributed by atoms with Gasteiger partial charge >= 0.3 is 41.5 Å². The number of ether oxygens (including phenoxy) is 1. The Morgan fingerprint density at radius 2 is 1.89 bits per heavy atom. The van der Waals surface area contributed by atoms with Crippen LogP contribution in [-0.4, -0.2) is 66.3 Å². The van der Waals surface area contributed by atoms with Crippen LogP contribution in [0.25, 0.3) is 0 Å². The molecule has 0 spiro atoms. The molecule has 0 rings (SSSR count). The van der Waals surface area contributed by atoms with E-state index in [2.05, 4.69) is 11.3 Å². The molecule has 0 aliphatic rings. The van der Waals surface area contributed by atoms with E-state index in [1.807, 2.05) is 0 Å². The van der Waals surface area contributed by atoms with Gasteiger partial charge in [0, 0.05) is 18.2 Å². The molecule has 0 saturated carbocycles. The first kappa shape index (κ1) is 20.8. The Balaban J connectivity index is 0. The Hall–Kier alpha value is -0.510. The van der Waals surface area contributed by atoms with Crippen molar-refractivity contribution >= 4 is 51.6 Å². The fourth-order valence-corrected chi connectivity index (χ4v) is 2.00. The number of hydrogen-bond donors (Lipinski definition) is 2. The molecule has 0 aliphatic heterocycles. The van der Waals surface area contributed by atoms with Crippen LogP contribution in [0.2, 0.25) is 0 Å². The topological polar surface area (TPSA) is 124 Å². The molecule has 0 fully saturated rings. The average Bonchev–Trinajstić information content (AvgIpc) is 2.26. The maximum atomic E-state index is 11.4. The third kappa shape index (κ3) is 6.46. The summed E-state index contributed by atoms with van der Waals surface area (Å²) in [4.78, 5) is 22.2. The van der Waals surface area contributed by atoms with Gasteiger partial charge < -0.3 is 10.5 Å². The van der Waals surface area contributed by atoms with Crippen molar-refractivity contribution in [2.45, 2.75) is 19.1 Å². The maximum absolute atomic E-state index is 11.4. The van der Waals surface area contributed by atoms with E-state index < -0.39 is 33.9 Å². The number of carbonyl (C=O) groups excluding carboxylic acids is 2. The summed E-state index contributed by atoms with van der Waals surface area (Å²) in [6.07, 6.45) is 0.795. The molecule has 9 heteroatoms. The predicted molar refractivity (Wildman–Crippen MR) is 71.2 cm³/mol. The van der Waals surface area contributed by atoms with Crippen LogP contribution in [0.4, 0.5) is 0 Å². The number of carbonyl (C=O) groups is 2. The van der Waals surface area contributed by atoms with Crippen LogP contribution in [0.15, 0.2) is 23.8 Å². The molecular formula is C10H16NNaO6S. The normalized spacial score (nSPS) is 13.7. The fraction of sp³-hybridized carbons (Fsp3) is 0.400. The molecule has 1 atom stereocenters. The summed E-state index contributed by atoms with van der Waals surface area (Å²) in [5.74, 6) is -1.97. The summed E-state index contributed by atoms with van der Waals surface area (Å²) < 4.78 is 35.3. The molecule has 0 aromatic heterocycles. The predicted octanol–water partition coefficient (Wildman–Crippen LogP) is -0.855. The molecule has 1 unspecified atom stereocenters. The van der Waals surface area contributed by atoms with Crippen LogP contribution in [0.3, 0.4) is 0 Å². The van der Waals surface area contributed by atoms with Gasteiger partial charge in [0.25, 0.3) is 10.1 Å². The van der Waals surface area contributed by atoms with E-state index in [1.54, 1.807) is 0 Å². The van der Waals surface area contributed by atoms with Crippen LogP contribution in [0.1, 0.15) is 13.8 Å². The number of nitrogens with two attached hydrogens (primary N) is 1. The third-order valence-corrected chi connectivity index (χ3v) is 3.58. The van der Waals surface area contributed by atoms with E-state index in [0.717, 1.165) is 6.08 Å². The van der Waals surface area contributed by atoms with Gasteiger partial charge in [0.15, 0.2) is 0 Å². The van der Waals surface area contributed by atoms with Crippen LogP contribution in [-0.2, 0) is 24.4 Å². The average molecular weight is 301 g/mol. The van der Waals surface area contributed by atoms with Crippen molar-refractivity contribution in [1.82, 2.24) is 0 Å². The Labute approximate surface area is 133 Å². The van der Waals surface area contributed by atoms with Crippen molar-refractivity contribution in [3.8, 4) is 0 Å². The summed E-state index contributed by atoms with van der Waals surface area (Å²) >= 11 is 0. The molecule has 0 aromatic rings. The molecule has 0 bridgehead atoms. The van der Waals surface area contributed by atoms with E-state index in [4.69, 9.17) is 10.3 Å². The van der Waals surface area contributed by atoms with Gasteiger partial charge in [-0.2, -0.15) is 8.42 Å². The van der Waals surface area contributed by atoms with Gasteiger partial charge in [-0.1, -0.05) is 6.58 Å². The molecule has 0 amide bonds.